The molecule has 0 aliphatic rings. The molecule has 0 fully saturated rings. The summed E-state index contributed by atoms with van der Waals surface area (Å²) in [6.07, 6.45) is 3.08. The van der Waals surface area contributed by atoms with Gasteiger partial charge in [0.1, 0.15) is 5.82 Å². The number of benzene rings is 2. The maximum atomic E-state index is 13.2. The van der Waals surface area contributed by atoms with Crippen LogP contribution >= 0.6 is 0 Å². The van der Waals surface area contributed by atoms with Crippen molar-refractivity contribution in [2.24, 2.45) is 0 Å². The van der Waals surface area contributed by atoms with Gasteiger partial charge < -0.3 is 14.2 Å². The van der Waals surface area contributed by atoms with E-state index in [0.29, 0.717) is 19.7 Å². The second kappa shape index (κ2) is 10.7. The Morgan fingerprint density at radius 1 is 1.07 bits per heavy atom. The van der Waals surface area contributed by atoms with E-state index in [9.17, 15) is 9.18 Å². The molecule has 30 heavy (non-hydrogen) atoms. The quantitative estimate of drug-likeness (QED) is 0.460. The first-order chi connectivity index (χ1) is 14.6. The van der Waals surface area contributed by atoms with Gasteiger partial charge in [-0.3, -0.25) is 4.79 Å². The van der Waals surface area contributed by atoms with Crippen LogP contribution in [0.5, 0.6) is 0 Å². The Morgan fingerprint density at radius 2 is 1.83 bits per heavy atom. The van der Waals surface area contributed by atoms with E-state index >= 15 is 0 Å². The van der Waals surface area contributed by atoms with Gasteiger partial charge in [0.15, 0.2) is 0 Å². The standard InChI is InChI=1S/C25H29FN2O2/c1-20-7-3-4-8-22(20)18-27-14-5-9-24(27)19-28(15-6-16-30-2)25(29)17-21-10-12-23(26)13-11-21/h3-5,7-14H,6,15-19H2,1-2H3. The molecule has 1 amide bonds. The molecule has 0 unspecified atom stereocenters. The molecule has 0 N–H and O–H groups in total. The number of nitrogens with zero attached hydrogens (tertiary/aromatic N) is 2. The van der Waals surface area contributed by atoms with Gasteiger partial charge in [-0.05, 0) is 54.3 Å². The lowest BCUT2D eigenvalue weighted by molar-refractivity contribution is -0.131. The molecule has 0 saturated carbocycles. The lowest BCUT2D eigenvalue weighted by Crippen LogP contribution is -2.34. The third-order valence-electron chi connectivity index (χ3n) is 5.28. The molecule has 0 saturated heterocycles. The highest BCUT2D eigenvalue weighted by Crippen LogP contribution is 2.15. The molecule has 0 aliphatic heterocycles. The summed E-state index contributed by atoms with van der Waals surface area (Å²) in [5.74, 6) is -0.265. The lowest BCUT2D eigenvalue weighted by Gasteiger charge is -2.24. The number of hydrogen-bond donors (Lipinski definition) is 0. The number of amides is 1. The average Bonchev–Trinajstić information content (AvgIpc) is 3.17. The first kappa shape index (κ1) is 21.8. The minimum Gasteiger partial charge on any atom is -0.385 e. The molecule has 2 aromatic carbocycles. The molecule has 0 aliphatic carbocycles. The predicted molar refractivity (Wildman–Crippen MR) is 117 cm³/mol. The fourth-order valence-electron chi connectivity index (χ4n) is 3.49. The summed E-state index contributed by atoms with van der Waals surface area (Å²) in [4.78, 5) is 14.9. The van der Waals surface area contributed by atoms with Gasteiger partial charge in [0, 0.05) is 38.7 Å². The van der Waals surface area contributed by atoms with Crippen molar-refractivity contribution in [3.63, 3.8) is 0 Å². The Morgan fingerprint density at radius 3 is 2.57 bits per heavy atom. The molecule has 0 atom stereocenters. The number of hydrogen-bond acceptors (Lipinski definition) is 2. The van der Waals surface area contributed by atoms with Crippen molar-refractivity contribution in [2.45, 2.75) is 32.9 Å². The van der Waals surface area contributed by atoms with Crippen molar-refractivity contribution < 1.29 is 13.9 Å². The highest BCUT2D eigenvalue weighted by Gasteiger charge is 2.16. The summed E-state index contributed by atoms with van der Waals surface area (Å²) < 4.78 is 20.5. The van der Waals surface area contributed by atoms with Gasteiger partial charge in [0.2, 0.25) is 5.91 Å². The topological polar surface area (TPSA) is 34.5 Å². The highest BCUT2D eigenvalue weighted by atomic mass is 19.1. The molecular formula is C25H29FN2O2. The van der Waals surface area contributed by atoms with E-state index in [0.717, 1.165) is 24.2 Å². The van der Waals surface area contributed by atoms with Gasteiger partial charge in [0.05, 0.1) is 13.0 Å². The fraction of sp³-hybridized carbons (Fsp3) is 0.320. The summed E-state index contributed by atoms with van der Waals surface area (Å²) in [7, 11) is 1.66. The Labute approximate surface area is 177 Å². The van der Waals surface area contributed by atoms with E-state index < -0.39 is 0 Å². The highest BCUT2D eigenvalue weighted by molar-refractivity contribution is 5.78. The van der Waals surface area contributed by atoms with Crippen molar-refractivity contribution in [1.29, 1.82) is 0 Å². The predicted octanol–water partition coefficient (Wildman–Crippen LogP) is 4.59. The molecule has 1 heterocycles. The number of aryl methyl sites for hydroxylation is 1. The molecule has 0 spiro atoms. The number of aromatic nitrogens is 1. The summed E-state index contributed by atoms with van der Waals surface area (Å²) in [6, 6.07) is 18.5. The zero-order chi connectivity index (χ0) is 21.3. The molecule has 3 aromatic rings. The van der Waals surface area contributed by atoms with Crippen molar-refractivity contribution in [3.05, 3.63) is 95.1 Å². The summed E-state index contributed by atoms with van der Waals surface area (Å²) >= 11 is 0. The van der Waals surface area contributed by atoms with Gasteiger partial charge in [0.25, 0.3) is 0 Å². The number of carbonyl (C=O) groups is 1. The van der Waals surface area contributed by atoms with Crippen molar-refractivity contribution in [2.75, 3.05) is 20.3 Å². The van der Waals surface area contributed by atoms with Crippen LogP contribution in [0.15, 0.2) is 66.9 Å². The molecule has 4 nitrogen and oxygen atoms in total. The van der Waals surface area contributed by atoms with Gasteiger partial charge in [-0.1, -0.05) is 36.4 Å². The molecule has 1 aromatic heterocycles. The van der Waals surface area contributed by atoms with Crippen LogP contribution in [0.4, 0.5) is 4.39 Å². The first-order valence-corrected chi connectivity index (χ1v) is 10.3. The fourth-order valence-corrected chi connectivity index (χ4v) is 3.49. The molecule has 0 bridgehead atoms. The molecular weight excluding hydrogens is 379 g/mol. The third kappa shape index (κ3) is 6.04. The van der Waals surface area contributed by atoms with Crippen LogP contribution in [-0.2, 0) is 29.0 Å². The van der Waals surface area contributed by atoms with E-state index in [4.69, 9.17) is 4.74 Å². The van der Waals surface area contributed by atoms with Crippen LogP contribution in [0.1, 0.15) is 28.8 Å². The summed E-state index contributed by atoms with van der Waals surface area (Å²) in [5, 5.41) is 0. The Bertz CT molecular complexity index is 950. The van der Waals surface area contributed by atoms with Crippen LogP contribution in [0.25, 0.3) is 0 Å². The minimum absolute atomic E-state index is 0.0290. The number of ether oxygens (including phenoxy) is 1. The lowest BCUT2D eigenvalue weighted by atomic mass is 10.1. The van der Waals surface area contributed by atoms with E-state index in [1.54, 1.807) is 19.2 Å². The van der Waals surface area contributed by atoms with E-state index in [1.807, 2.05) is 17.0 Å². The van der Waals surface area contributed by atoms with Gasteiger partial charge in [-0.15, -0.1) is 0 Å². The van der Waals surface area contributed by atoms with Gasteiger partial charge >= 0.3 is 0 Å². The summed E-state index contributed by atoms with van der Waals surface area (Å²) in [5.41, 5.74) is 4.41. The van der Waals surface area contributed by atoms with Crippen LogP contribution in [0.2, 0.25) is 0 Å². The minimum atomic E-state index is -0.294. The monoisotopic (exact) mass is 408 g/mol. The maximum absolute atomic E-state index is 13.2. The Balaban J connectivity index is 1.73. The van der Waals surface area contributed by atoms with Crippen LogP contribution < -0.4 is 0 Å². The van der Waals surface area contributed by atoms with Gasteiger partial charge in [-0.25, -0.2) is 4.39 Å². The Kier molecular flexibility index (Phi) is 7.80. The van der Waals surface area contributed by atoms with E-state index in [2.05, 4.69) is 42.0 Å². The zero-order valence-electron chi connectivity index (χ0n) is 17.7. The smallest absolute Gasteiger partial charge is 0.227 e. The van der Waals surface area contributed by atoms with Crippen molar-refractivity contribution in [3.8, 4) is 0 Å². The summed E-state index contributed by atoms with van der Waals surface area (Å²) in [6.45, 7) is 4.63. The van der Waals surface area contributed by atoms with Crippen molar-refractivity contribution >= 4 is 5.91 Å². The largest absolute Gasteiger partial charge is 0.385 e. The van der Waals surface area contributed by atoms with E-state index in [-0.39, 0.29) is 18.1 Å². The number of carbonyl (C=O) groups excluding carboxylic acids is 1. The normalized spacial score (nSPS) is 10.9. The average molecular weight is 409 g/mol. The van der Waals surface area contributed by atoms with Crippen LogP contribution in [0, 0.1) is 12.7 Å². The second-order valence-electron chi connectivity index (χ2n) is 7.52. The van der Waals surface area contributed by atoms with Crippen molar-refractivity contribution in [1.82, 2.24) is 9.47 Å². The SMILES string of the molecule is COCCCN(Cc1cccn1Cc1ccccc1C)C(=O)Cc1ccc(F)cc1. The molecule has 3 rings (SSSR count). The van der Waals surface area contributed by atoms with Gasteiger partial charge in [-0.2, -0.15) is 0 Å². The first-order valence-electron chi connectivity index (χ1n) is 10.3. The molecule has 5 heteroatoms. The Hall–Kier alpha value is -2.92. The third-order valence-corrected chi connectivity index (χ3v) is 5.28. The second-order valence-corrected chi connectivity index (χ2v) is 7.52. The van der Waals surface area contributed by atoms with E-state index in [1.165, 1.54) is 23.3 Å². The molecule has 0 radical (unpaired) electrons. The number of halogens is 1. The number of rotatable bonds is 10. The number of methoxy groups -OCH3 is 1. The van der Waals surface area contributed by atoms with Crippen LogP contribution in [-0.4, -0.2) is 35.6 Å². The molecule has 158 valence electrons. The maximum Gasteiger partial charge on any atom is 0.227 e. The van der Waals surface area contributed by atoms with Crippen LogP contribution in [0.3, 0.4) is 0 Å². The zero-order valence-corrected chi connectivity index (χ0v) is 17.7.